The first kappa shape index (κ1) is 25.8. The van der Waals surface area contributed by atoms with Crippen LogP contribution in [0.25, 0.3) is 0 Å². The lowest BCUT2D eigenvalue weighted by Crippen LogP contribution is -2.42. The van der Waals surface area contributed by atoms with Crippen molar-refractivity contribution in [2.75, 3.05) is 7.11 Å². The van der Waals surface area contributed by atoms with Gasteiger partial charge in [-0.1, -0.05) is 47.7 Å². The van der Waals surface area contributed by atoms with E-state index in [1.54, 1.807) is 7.11 Å². The third-order valence-electron chi connectivity index (χ3n) is 6.48. The average molecular weight is 516 g/mol. The fraction of sp³-hybridized carbons (Fsp3) is 0.696. The number of halogens is 1. The molecule has 0 spiro atoms. The van der Waals surface area contributed by atoms with Gasteiger partial charge in [-0.2, -0.15) is 0 Å². The number of ketones is 1. The summed E-state index contributed by atoms with van der Waals surface area (Å²) in [6.07, 6.45) is 2.23. The van der Waals surface area contributed by atoms with Crippen LogP contribution in [0, 0.1) is 17.3 Å². The van der Waals surface area contributed by atoms with Crippen molar-refractivity contribution in [3.8, 4) is 5.75 Å². The molecule has 1 fully saturated rings. The molecule has 1 saturated carbocycles. The average Bonchev–Trinajstić information content (AvgIpc) is 2.64. The number of hydrogen-bond donors (Lipinski definition) is 0. The lowest BCUT2D eigenvalue weighted by atomic mass is 9.62. The standard InChI is InChI=1S/C23H39BrO4Si2/c1-14-9-19(25)17(22(2,3)13-14)10-15-11-20(26-6)18(24)12-16(15)23(4,5)21(27-29-7)28-30-8/h11-12,14,17,21H,9-10,13,29-30H2,1-8H3. The molecule has 0 aliphatic heterocycles. The third-order valence-corrected chi connectivity index (χ3v) is 8.37. The molecule has 2 unspecified atom stereocenters. The molecule has 0 radical (unpaired) electrons. The van der Waals surface area contributed by atoms with E-state index in [-0.39, 0.29) is 23.0 Å². The Balaban J connectivity index is 2.54. The minimum Gasteiger partial charge on any atom is -0.496 e. The van der Waals surface area contributed by atoms with Gasteiger partial charge in [0.2, 0.25) is 0 Å². The van der Waals surface area contributed by atoms with E-state index < -0.39 is 19.5 Å². The largest absolute Gasteiger partial charge is 0.496 e. The van der Waals surface area contributed by atoms with Crippen LogP contribution in [0.2, 0.25) is 13.1 Å². The molecule has 2 rings (SSSR count). The summed E-state index contributed by atoms with van der Waals surface area (Å²) in [5, 5.41) is 0. The number of rotatable bonds is 9. The first-order valence-electron chi connectivity index (χ1n) is 11.1. The van der Waals surface area contributed by atoms with E-state index in [9.17, 15) is 4.79 Å². The second kappa shape index (κ2) is 10.4. The summed E-state index contributed by atoms with van der Waals surface area (Å²) in [5.74, 6) is 1.65. The van der Waals surface area contributed by atoms with Crippen LogP contribution in [0.4, 0.5) is 0 Å². The molecule has 4 nitrogen and oxygen atoms in total. The minimum absolute atomic E-state index is 0.00974. The molecule has 170 valence electrons. The fourth-order valence-electron chi connectivity index (χ4n) is 5.06. The number of Topliss-reactive ketones (excluding diaryl/α,β-unsaturated/α-hetero) is 1. The predicted octanol–water partition coefficient (Wildman–Crippen LogP) is 4.54. The molecule has 0 aromatic heterocycles. The van der Waals surface area contributed by atoms with Crippen molar-refractivity contribution >= 4 is 41.2 Å². The van der Waals surface area contributed by atoms with E-state index in [2.05, 4.69) is 75.8 Å². The van der Waals surface area contributed by atoms with E-state index in [4.69, 9.17) is 13.6 Å². The van der Waals surface area contributed by atoms with Gasteiger partial charge in [-0.3, -0.25) is 4.79 Å². The van der Waals surface area contributed by atoms with Crippen molar-refractivity contribution in [3.63, 3.8) is 0 Å². The van der Waals surface area contributed by atoms with Gasteiger partial charge in [-0.05, 0) is 63.4 Å². The maximum Gasteiger partial charge on any atom is 0.161 e. The molecular weight excluding hydrogens is 476 g/mol. The Morgan fingerprint density at radius 3 is 2.33 bits per heavy atom. The van der Waals surface area contributed by atoms with E-state index in [0.29, 0.717) is 18.1 Å². The first-order valence-corrected chi connectivity index (χ1v) is 15.9. The van der Waals surface area contributed by atoms with Crippen molar-refractivity contribution in [3.05, 3.63) is 27.7 Å². The minimum atomic E-state index is -0.624. The highest BCUT2D eigenvalue weighted by atomic mass is 79.9. The summed E-state index contributed by atoms with van der Waals surface area (Å²) in [6, 6.07) is 4.25. The van der Waals surface area contributed by atoms with E-state index in [0.717, 1.165) is 28.6 Å². The van der Waals surface area contributed by atoms with Crippen LogP contribution < -0.4 is 4.74 Å². The second-order valence-electron chi connectivity index (χ2n) is 9.83. The smallest absolute Gasteiger partial charge is 0.161 e. The number of hydrogen-bond acceptors (Lipinski definition) is 4. The zero-order chi connectivity index (χ0) is 22.7. The summed E-state index contributed by atoms with van der Waals surface area (Å²) in [5.41, 5.74) is 1.99. The number of carbonyl (C=O) groups excluding carboxylic acids is 1. The molecular formula is C23H39BrO4Si2. The van der Waals surface area contributed by atoms with Crippen molar-refractivity contribution in [1.82, 2.24) is 0 Å². The lowest BCUT2D eigenvalue weighted by Gasteiger charge is -2.42. The van der Waals surface area contributed by atoms with Crippen LogP contribution in [0.15, 0.2) is 16.6 Å². The SMILES string of the molecule is COc1cc(CC2C(=O)CC(C)CC2(C)C)c(C(C)(C)C(O[SiH2]C)O[SiH2]C)cc1Br. The first-order chi connectivity index (χ1) is 14.0. The maximum atomic E-state index is 13.1. The van der Waals surface area contributed by atoms with Gasteiger partial charge in [-0.15, -0.1) is 0 Å². The highest BCUT2D eigenvalue weighted by Gasteiger charge is 2.42. The van der Waals surface area contributed by atoms with Gasteiger partial charge in [0.1, 0.15) is 17.8 Å². The van der Waals surface area contributed by atoms with Gasteiger partial charge < -0.3 is 13.6 Å². The molecule has 2 atom stereocenters. The summed E-state index contributed by atoms with van der Waals surface area (Å²) in [6.45, 7) is 15.3. The van der Waals surface area contributed by atoms with Crippen LogP contribution in [-0.4, -0.2) is 38.7 Å². The number of benzene rings is 1. The van der Waals surface area contributed by atoms with Crippen LogP contribution in [0.5, 0.6) is 5.75 Å². The molecule has 0 N–H and O–H groups in total. The topological polar surface area (TPSA) is 44.8 Å². The summed E-state index contributed by atoms with van der Waals surface area (Å²) >= 11 is 3.67. The number of methoxy groups -OCH3 is 1. The normalized spacial score (nSPS) is 23.6. The number of ether oxygens (including phenoxy) is 1. The Labute approximate surface area is 195 Å². The van der Waals surface area contributed by atoms with Crippen molar-refractivity contribution in [1.29, 1.82) is 0 Å². The van der Waals surface area contributed by atoms with Gasteiger partial charge in [-0.25, -0.2) is 0 Å². The van der Waals surface area contributed by atoms with Crippen molar-refractivity contribution in [2.24, 2.45) is 17.3 Å². The molecule has 0 amide bonds. The van der Waals surface area contributed by atoms with E-state index >= 15 is 0 Å². The molecule has 7 heteroatoms. The molecule has 1 aliphatic rings. The molecule has 0 bridgehead atoms. The highest BCUT2D eigenvalue weighted by molar-refractivity contribution is 9.10. The van der Waals surface area contributed by atoms with Gasteiger partial charge in [0.05, 0.1) is 11.6 Å². The van der Waals surface area contributed by atoms with Crippen molar-refractivity contribution in [2.45, 2.75) is 78.7 Å². The summed E-state index contributed by atoms with van der Waals surface area (Å²) in [7, 11) is 0.440. The van der Waals surface area contributed by atoms with E-state index in [1.165, 1.54) is 5.56 Å². The quantitative estimate of drug-likeness (QED) is 0.358. The molecule has 1 aromatic carbocycles. The Hall–Kier alpha value is -0.476. The Bertz CT molecular complexity index is 745. The van der Waals surface area contributed by atoms with Crippen LogP contribution >= 0.6 is 15.9 Å². The van der Waals surface area contributed by atoms with Crippen LogP contribution in [0.3, 0.4) is 0 Å². The Morgan fingerprint density at radius 2 is 1.83 bits per heavy atom. The lowest BCUT2D eigenvalue weighted by molar-refractivity contribution is -0.131. The van der Waals surface area contributed by atoms with E-state index in [1.807, 2.05) is 0 Å². The number of carbonyl (C=O) groups is 1. The monoisotopic (exact) mass is 514 g/mol. The van der Waals surface area contributed by atoms with Gasteiger partial charge in [0.15, 0.2) is 19.5 Å². The molecule has 30 heavy (non-hydrogen) atoms. The summed E-state index contributed by atoms with van der Waals surface area (Å²) < 4.78 is 18.8. The zero-order valence-electron chi connectivity index (χ0n) is 19.9. The van der Waals surface area contributed by atoms with Gasteiger partial charge in [0.25, 0.3) is 0 Å². The predicted molar refractivity (Wildman–Crippen MR) is 133 cm³/mol. The van der Waals surface area contributed by atoms with Crippen molar-refractivity contribution < 1.29 is 18.4 Å². The highest BCUT2D eigenvalue weighted by Crippen LogP contribution is 2.45. The van der Waals surface area contributed by atoms with Crippen LogP contribution in [-0.2, 0) is 25.5 Å². The molecule has 1 aliphatic carbocycles. The summed E-state index contributed by atoms with van der Waals surface area (Å²) in [4.78, 5) is 13.1. The second-order valence-corrected chi connectivity index (χ2v) is 12.5. The maximum absolute atomic E-state index is 13.1. The molecule has 1 aromatic rings. The van der Waals surface area contributed by atoms with Gasteiger partial charge >= 0.3 is 0 Å². The Kier molecular flexibility index (Phi) is 8.96. The molecule has 0 heterocycles. The fourth-order valence-corrected chi connectivity index (χ4v) is 7.39. The zero-order valence-corrected chi connectivity index (χ0v) is 24.3. The van der Waals surface area contributed by atoms with Crippen LogP contribution in [0.1, 0.15) is 58.6 Å². The third kappa shape index (κ3) is 5.65. The van der Waals surface area contributed by atoms with Gasteiger partial charge in [0, 0.05) is 17.8 Å². The molecule has 0 saturated heterocycles. The Morgan fingerprint density at radius 1 is 1.23 bits per heavy atom.